The van der Waals surface area contributed by atoms with Crippen molar-refractivity contribution in [3.63, 3.8) is 0 Å². The Balaban J connectivity index is 1.34. The first kappa shape index (κ1) is 21.2. The second-order valence-corrected chi connectivity index (χ2v) is 9.96. The Labute approximate surface area is 194 Å². The number of oxime groups is 1. The van der Waals surface area contributed by atoms with E-state index in [-0.39, 0.29) is 5.92 Å². The topological polar surface area (TPSA) is 48.7 Å². The Morgan fingerprint density at radius 1 is 1.12 bits per heavy atom. The van der Waals surface area contributed by atoms with E-state index in [1.54, 1.807) is 0 Å². The number of thiophene rings is 1. The highest BCUT2D eigenvalue weighted by atomic mass is 32.1. The molecule has 5 rings (SSSR count). The molecule has 1 fully saturated rings. The summed E-state index contributed by atoms with van der Waals surface area (Å²) in [5.74, 6) is 0.448. The number of hydrogen-bond donors (Lipinski definition) is 1. The lowest BCUT2D eigenvalue weighted by atomic mass is 9.79. The molecule has 0 radical (unpaired) electrons. The van der Waals surface area contributed by atoms with E-state index >= 15 is 0 Å². The maximum absolute atomic E-state index is 10.0. The van der Waals surface area contributed by atoms with Gasteiger partial charge in [0.05, 0.1) is 5.71 Å². The van der Waals surface area contributed by atoms with E-state index in [1.807, 2.05) is 29.7 Å². The summed E-state index contributed by atoms with van der Waals surface area (Å²) in [6.45, 7) is 1.98. The van der Waals surface area contributed by atoms with E-state index in [2.05, 4.69) is 57.0 Å². The third-order valence-electron chi connectivity index (χ3n) is 7.08. The van der Waals surface area contributed by atoms with E-state index in [4.69, 9.17) is 0 Å². The standard InChI is InChI=1S/C27H31N3OS/c31-29-26(20-7-2-1-3-8-20)24(25-11-4-5-15-28-25)13-17-30-16-12-22(19-30)23-10-6-9-21-14-18-32-27(21)23/h4-6,9-11,14-15,18-20,24,31H,1-3,7-8,12-13,16-17H2/b29-26-. The highest BCUT2D eigenvalue weighted by molar-refractivity contribution is 7.17. The molecule has 5 heteroatoms. The first-order valence-corrected chi connectivity index (χ1v) is 12.8. The van der Waals surface area contributed by atoms with Crippen LogP contribution in [0.3, 0.4) is 0 Å². The lowest BCUT2D eigenvalue weighted by molar-refractivity contribution is 0.303. The lowest BCUT2D eigenvalue weighted by Gasteiger charge is -2.28. The van der Waals surface area contributed by atoms with Crippen LogP contribution in [0.4, 0.5) is 0 Å². The van der Waals surface area contributed by atoms with Gasteiger partial charge in [-0.25, -0.2) is 0 Å². The maximum atomic E-state index is 10.0. The fourth-order valence-electron chi connectivity index (χ4n) is 5.40. The van der Waals surface area contributed by atoms with Crippen molar-refractivity contribution in [1.82, 2.24) is 9.88 Å². The molecule has 0 bridgehead atoms. The SMILES string of the molecule is O/N=C(/C1CCCCC1)C(CCN1C=C(c2cccc3ccsc23)CC1)c1ccccn1. The van der Waals surface area contributed by atoms with Crippen molar-refractivity contribution in [3.05, 3.63) is 71.5 Å². The molecule has 32 heavy (non-hydrogen) atoms. The average Bonchev–Trinajstić information content (AvgIpc) is 3.52. The number of rotatable bonds is 7. The Kier molecular flexibility index (Phi) is 6.54. The Hall–Kier alpha value is -2.66. The molecule has 166 valence electrons. The van der Waals surface area contributed by atoms with Crippen LogP contribution in [0.1, 0.15) is 62.1 Å². The monoisotopic (exact) mass is 445 g/mol. The number of pyridine rings is 1. The fourth-order valence-corrected chi connectivity index (χ4v) is 6.35. The molecule has 1 unspecified atom stereocenters. The molecule has 2 aliphatic rings. The number of benzene rings is 1. The van der Waals surface area contributed by atoms with Crippen molar-refractivity contribution in [2.24, 2.45) is 11.1 Å². The van der Waals surface area contributed by atoms with Crippen LogP contribution in [0.15, 0.2) is 65.4 Å². The Morgan fingerprint density at radius 2 is 2.03 bits per heavy atom. The average molecular weight is 446 g/mol. The molecule has 4 nitrogen and oxygen atoms in total. The second kappa shape index (κ2) is 9.86. The zero-order valence-corrected chi connectivity index (χ0v) is 19.3. The molecule has 1 aliphatic carbocycles. The summed E-state index contributed by atoms with van der Waals surface area (Å²) in [7, 11) is 0. The van der Waals surface area contributed by atoms with Crippen LogP contribution in [0.25, 0.3) is 15.7 Å². The molecule has 0 amide bonds. The third-order valence-corrected chi connectivity index (χ3v) is 8.04. The Morgan fingerprint density at radius 3 is 2.84 bits per heavy atom. The van der Waals surface area contributed by atoms with Gasteiger partial charge < -0.3 is 10.1 Å². The van der Waals surface area contributed by atoms with Gasteiger partial charge in [-0.15, -0.1) is 11.3 Å². The van der Waals surface area contributed by atoms with Crippen LogP contribution in [0.2, 0.25) is 0 Å². The predicted octanol–water partition coefficient (Wildman–Crippen LogP) is 6.93. The zero-order chi connectivity index (χ0) is 21.8. The summed E-state index contributed by atoms with van der Waals surface area (Å²) in [5.41, 5.74) is 4.77. The van der Waals surface area contributed by atoms with E-state index in [1.165, 1.54) is 40.5 Å². The highest BCUT2D eigenvalue weighted by Gasteiger charge is 2.29. The normalized spacial score (nSPS) is 18.8. The molecule has 0 saturated heterocycles. The summed E-state index contributed by atoms with van der Waals surface area (Å²) < 4.78 is 1.39. The third kappa shape index (κ3) is 4.44. The maximum Gasteiger partial charge on any atom is 0.0692 e. The van der Waals surface area contributed by atoms with Crippen LogP contribution in [-0.4, -0.2) is 33.9 Å². The summed E-state index contributed by atoms with van der Waals surface area (Å²) in [4.78, 5) is 7.09. The minimum atomic E-state index is 0.0717. The van der Waals surface area contributed by atoms with Gasteiger partial charge in [0.15, 0.2) is 0 Å². The molecular formula is C27H31N3OS. The molecule has 1 aromatic carbocycles. The van der Waals surface area contributed by atoms with E-state index < -0.39 is 0 Å². The van der Waals surface area contributed by atoms with Crippen LogP contribution < -0.4 is 0 Å². The summed E-state index contributed by atoms with van der Waals surface area (Å²) in [6, 6.07) is 14.9. The van der Waals surface area contributed by atoms with Gasteiger partial charge in [-0.1, -0.05) is 48.7 Å². The summed E-state index contributed by atoms with van der Waals surface area (Å²) in [5, 5.41) is 17.4. The molecule has 2 aromatic heterocycles. The summed E-state index contributed by atoms with van der Waals surface area (Å²) >= 11 is 1.83. The second-order valence-electron chi connectivity index (χ2n) is 9.04. The lowest BCUT2D eigenvalue weighted by Crippen LogP contribution is -2.28. The minimum absolute atomic E-state index is 0.0717. The Bertz CT molecular complexity index is 1100. The van der Waals surface area contributed by atoms with Crippen molar-refractivity contribution >= 4 is 32.7 Å². The molecule has 3 heterocycles. The van der Waals surface area contributed by atoms with Gasteiger partial charge in [-0.05, 0) is 65.8 Å². The number of fused-ring (bicyclic) bond motifs is 1. The van der Waals surface area contributed by atoms with Gasteiger partial charge in [0.25, 0.3) is 0 Å². The van der Waals surface area contributed by atoms with Gasteiger partial charge in [-0.2, -0.15) is 0 Å². The van der Waals surface area contributed by atoms with Crippen LogP contribution in [-0.2, 0) is 0 Å². The van der Waals surface area contributed by atoms with E-state index in [0.717, 1.165) is 50.2 Å². The molecule has 1 saturated carbocycles. The minimum Gasteiger partial charge on any atom is -0.411 e. The number of aromatic nitrogens is 1. The first-order valence-electron chi connectivity index (χ1n) is 11.9. The van der Waals surface area contributed by atoms with E-state index in [0.29, 0.717) is 5.92 Å². The van der Waals surface area contributed by atoms with Crippen molar-refractivity contribution in [1.29, 1.82) is 0 Å². The van der Waals surface area contributed by atoms with Crippen molar-refractivity contribution < 1.29 is 5.21 Å². The fraction of sp³-hybridized carbons (Fsp3) is 0.407. The van der Waals surface area contributed by atoms with E-state index in [9.17, 15) is 5.21 Å². The molecular weight excluding hydrogens is 414 g/mol. The van der Waals surface area contributed by atoms with Gasteiger partial charge in [-0.3, -0.25) is 4.98 Å². The van der Waals surface area contributed by atoms with Crippen molar-refractivity contribution in [2.45, 2.75) is 50.9 Å². The number of nitrogens with zero attached hydrogens (tertiary/aromatic N) is 3. The quantitative estimate of drug-likeness (QED) is 0.244. The molecule has 1 N–H and O–H groups in total. The predicted molar refractivity (Wildman–Crippen MR) is 133 cm³/mol. The largest absolute Gasteiger partial charge is 0.411 e. The smallest absolute Gasteiger partial charge is 0.0692 e. The van der Waals surface area contributed by atoms with Gasteiger partial charge in [0, 0.05) is 47.7 Å². The zero-order valence-electron chi connectivity index (χ0n) is 18.5. The van der Waals surface area contributed by atoms with Crippen molar-refractivity contribution in [2.75, 3.05) is 13.1 Å². The summed E-state index contributed by atoms with van der Waals surface area (Å²) in [6.07, 6.45) is 12.2. The van der Waals surface area contributed by atoms with Gasteiger partial charge in [0.1, 0.15) is 0 Å². The number of hydrogen-bond acceptors (Lipinski definition) is 5. The molecule has 3 aromatic rings. The highest BCUT2D eigenvalue weighted by Crippen LogP contribution is 2.35. The van der Waals surface area contributed by atoms with Crippen LogP contribution in [0.5, 0.6) is 0 Å². The first-order chi connectivity index (χ1) is 15.8. The van der Waals surface area contributed by atoms with Crippen LogP contribution >= 0.6 is 11.3 Å². The molecule has 1 atom stereocenters. The van der Waals surface area contributed by atoms with Crippen LogP contribution in [0, 0.1) is 5.92 Å². The van der Waals surface area contributed by atoms with Gasteiger partial charge >= 0.3 is 0 Å². The van der Waals surface area contributed by atoms with Gasteiger partial charge in [0.2, 0.25) is 0 Å². The van der Waals surface area contributed by atoms with Crippen molar-refractivity contribution in [3.8, 4) is 0 Å². The molecule has 1 aliphatic heterocycles. The molecule has 0 spiro atoms.